The van der Waals surface area contributed by atoms with Gasteiger partial charge in [-0.15, -0.1) is 0 Å². The number of nitrogens with zero attached hydrogens (tertiary/aromatic N) is 4. The van der Waals surface area contributed by atoms with Crippen molar-refractivity contribution < 1.29 is 5.11 Å². The first kappa shape index (κ1) is 13.1. The summed E-state index contributed by atoms with van der Waals surface area (Å²) in [6.07, 6.45) is 3.22. The average molecular weight is 269 g/mol. The van der Waals surface area contributed by atoms with E-state index in [9.17, 15) is 5.11 Å². The maximum atomic E-state index is 10.2. The third-order valence-corrected chi connectivity index (χ3v) is 3.49. The molecule has 2 aromatic heterocycles. The zero-order valence-corrected chi connectivity index (χ0v) is 11.5. The van der Waals surface area contributed by atoms with Crippen molar-refractivity contribution in [2.45, 2.75) is 32.9 Å². The van der Waals surface area contributed by atoms with Crippen LogP contribution in [0.1, 0.15) is 30.2 Å². The van der Waals surface area contributed by atoms with Crippen molar-refractivity contribution >= 4 is 11.6 Å². The summed E-state index contributed by atoms with van der Waals surface area (Å²) in [7, 11) is 1.86. The molecule has 0 radical (unpaired) electrons. The van der Waals surface area contributed by atoms with Gasteiger partial charge in [-0.2, -0.15) is 5.10 Å². The lowest BCUT2D eigenvalue weighted by molar-refractivity contribution is 0.162. The Balaban J connectivity index is 2.27. The minimum absolute atomic E-state index is 0.415. The fraction of sp³-hybridized carbons (Fsp3) is 0.500. The molecule has 2 rings (SSSR count). The van der Waals surface area contributed by atoms with E-state index in [4.69, 9.17) is 11.6 Å². The van der Waals surface area contributed by atoms with Crippen molar-refractivity contribution in [3.05, 3.63) is 34.6 Å². The number of hydrogen-bond acceptors (Lipinski definition) is 3. The molecule has 0 amide bonds. The van der Waals surface area contributed by atoms with Crippen molar-refractivity contribution in [3.63, 3.8) is 0 Å². The Morgan fingerprint density at radius 3 is 2.78 bits per heavy atom. The number of hydrogen-bond donors (Lipinski definition) is 1. The highest BCUT2D eigenvalue weighted by molar-refractivity contribution is 6.31. The van der Waals surface area contributed by atoms with E-state index in [2.05, 4.69) is 10.1 Å². The van der Waals surface area contributed by atoms with E-state index >= 15 is 0 Å². The van der Waals surface area contributed by atoms with E-state index < -0.39 is 6.10 Å². The lowest BCUT2D eigenvalue weighted by atomic mass is 10.1. The van der Waals surface area contributed by atoms with Gasteiger partial charge in [0.05, 0.1) is 16.4 Å². The number of aliphatic hydroxyl groups excluding tert-OH is 1. The first-order valence-corrected chi connectivity index (χ1v) is 6.29. The zero-order valence-electron chi connectivity index (χ0n) is 10.8. The van der Waals surface area contributed by atoms with E-state index in [1.165, 1.54) is 0 Å². The van der Waals surface area contributed by atoms with Crippen LogP contribution in [-0.4, -0.2) is 24.4 Å². The quantitative estimate of drug-likeness (QED) is 0.921. The summed E-state index contributed by atoms with van der Waals surface area (Å²) < 4.78 is 3.63. The Morgan fingerprint density at radius 1 is 1.50 bits per heavy atom. The van der Waals surface area contributed by atoms with Gasteiger partial charge in [-0.3, -0.25) is 4.68 Å². The molecule has 0 saturated carbocycles. The van der Waals surface area contributed by atoms with Crippen LogP contribution in [0.15, 0.2) is 12.4 Å². The van der Waals surface area contributed by atoms with Gasteiger partial charge in [-0.1, -0.05) is 11.6 Å². The highest BCUT2D eigenvalue weighted by atomic mass is 35.5. The van der Waals surface area contributed by atoms with Gasteiger partial charge in [0.25, 0.3) is 0 Å². The summed E-state index contributed by atoms with van der Waals surface area (Å²) in [6.45, 7) is 4.60. The molecule has 2 heterocycles. The highest BCUT2D eigenvalue weighted by Crippen LogP contribution is 2.25. The second kappa shape index (κ2) is 5.12. The molecule has 5 nitrogen and oxygen atoms in total. The van der Waals surface area contributed by atoms with Gasteiger partial charge in [0.1, 0.15) is 11.9 Å². The first-order chi connectivity index (χ1) is 8.54. The lowest BCUT2D eigenvalue weighted by Gasteiger charge is -2.12. The van der Waals surface area contributed by atoms with Crippen LogP contribution in [0.25, 0.3) is 0 Å². The Kier molecular flexibility index (Phi) is 3.73. The zero-order chi connectivity index (χ0) is 13.3. The molecule has 98 valence electrons. The molecule has 0 bridgehead atoms. The summed E-state index contributed by atoms with van der Waals surface area (Å²) in [4.78, 5) is 4.14. The van der Waals surface area contributed by atoms with Crippen LogP contribution in [-0.2, 0) is 20.0 Å². The van der Waals surface area contributed by atoms with Crippen LogP contribution < -0.4 is 0 Å². The number of rotatable bonds is 4. The SMILES string of the molecule is CCn1nc(C)c(Cl)c1CC(O)c1nccn1C. The van der Waals surface area contributed by atoms with E-state index in [0.29, 0.717) is 17.3 Å². The summed E-state index contributed by atoms with van der Waals surface area (Å²) >= 11 is 6.22. The van der Waals surface area contributed by atoms with Crippen molar-refractivity contribution in [2.75, 3.05) is 0 Å². The Labute approximate surface area is 111 Å². The van der Waals surface area contributed by atoms with Crippen molar-refractivity contribution in [3.8, 4) is 0 Å². The second-order valence-corrected chi connectivity index (χ2v) is 4.66. The topological polar surface area (TPSA) is 55.9 Å². The molecule has 0 aliphatic carbocycles. The standard InChI is InChI=1S/C12H17ClN4O/c1-4-17-9(11(13)8(2)15-17)7-10(18)12-14-5-6-16(12)3/h5-6,10,18H,4,7H2,1-3H3. The van der Waals surface area contributed by atoms with Gasteiger partial charge in [0, 0.05) is 32.4 Å². The predicted molar refractivity (Wildman–Crippen MR) is 69.5 cm³/mol. The minimum Gasteiger partial charge on any atom is -0.385 e. The molecule has 18 heavy (non-hydrogen) atoms. The predicted octanol–water partition coefficient (Wildman–Crippen LogP) is 1.87. The van der Waals surface area contributed by atoms with Gasteiger partial charge in [-0.05, 0) is 13.8 Å². The van der Waals surface area contributed by atoms with Gasteiger partial charge in [-0.25, -0.2) is 4.98 Å². The molecule has 0 aliphatic rings. The third-order valence-electron chi connectivity index (χ3n) is 3.00. The smallest absolute Gasteiger partial charge is 0.137 e. The summed E-state index contributed by atoms with van der Waals surface area (Å²) in [6, 6.07) is 0. The summed E-state index contributed by atoms with van der Waals surface area (Å²) in [5.41, 5.74) is 1.65. The summed E-state index contributed by atoms with van der Waals surface area (Å²) in [5, 5.41) is 15.2. The highest BCUT2D eigenvalue weighted by Gasteiger charge is 2.19. The van der Waals surface area contributed by atoms with Crippen LogP contribution in [0.3, 0.4) is 0 Å². The molecule has 1 atom stereocenters. The Morgan fingerprint density at radius 2 is 2.22 bits per heavy atom. The lowest BCUT2D eigenvalue weighted by Crippen LogP contribution is -2.12. The van der Waals surface area contributed by atoms with E-state index in [1.54, 1.807) is 10.8 Å². The van der Waals surface area contributed by atoms with Crippen molar-refractivity contribution in [1.29, 1.82) is 0 Å². The molecule has 0 saturated heterocycles. The molecule has 6 heteroatoms. The number of aliphatic hydroxyl groups is 1. The van der Waals surface area contributed by atoms with Gasteiger partial charge >= 0.3 is 0 Å². The Bertz CT molecular complexity index is 546. The fourth-order valence-corrected chi connectivity index (χ4v) is 2.25. The molecular weight excluding hydrogens is 252 g/mol. The number of aryl methyl sites for hydroxylation is 3. The number of aromatic nitrogens is 4. The molecule has 0 spiro atoms. The molecule has 2 aromatic rings. The van der Waals surface area contributed by atoms with Crippen LogP contribution >= 0.6 is 11.6 Å². The normalized spacial score (nSPS) is 12.9. The maximum Gasteiger partial charge on any atom is 0.137 e. The van der Waals surface area contributed by atoms with Crippen LogP contribution in [0, 0.1) is 6.92 Å². The van der Waals surface area contributed by atoms with E-state index in [-0.39, 0.29) is 0 Å². The molecule has 0 fully saturated rings. The summed E-state index contributed by atoms with van der Waals surface area (Å²) in [5.74, 6) is 0.632. The van der Waals surface area contributed by atoms with Gasteiger partial charge in [0.2, 0.25) is 0 Å². The number of imidazole rings is 1. The molecule has 1 N–H and O–H groups in total. The fourth-order valence-electron chi connectivity index (χ4n) is 2.04. The molecular formula is C12H17ClN4O. The third kappa shape index (κ3) is 2.28. The number of halogens is 1. The molecule has 1 unspecified atom stereocenters. The maximum absolute atomic E-state index is 10.2. The average Bonchev–Trinajstić information content (AvgIpc) is 2.87. The van der Waals surface area contributed by atoms with Crippen molar-refractivity contribution in [2.24, 2.45) is 7.05 Å². The minimum atomic E-state index is -0.677. The van der Waals surface area contributed by atoms with Crippen LogP contribution in [0.2, 0.25) is 5.02 Å². The molecule has 0 aromatic carbocycles. The van der Waals surface area contributed by atoms with Gasteiger partial charge < -0.3 is 9.67 Å². The van der Waals surface area contributed by atoms with Gasteiger partial charge in [0.15, 0.2) is 0 Å². The van der Waals surface area contributed by atoms with Crippen LogP contribution in [0.5, 0.6) is 0 Å². The molecule has 0 aliphatic heterocycles. The monoisotopic (exact) mass is 268 g/mol. The van der Waals surface area contributed by atoms with Crippen LogP contribution in [0.4, 0.5) is 0 Å². The Hall–Kier alpha value is -1.33. The van der Waals surface area contributed by atoms with E-state index in [1.807, 2.05) is 31.8 Å². The second-order valence-electron chi connectivity index (χ2n) is 4.28. The van der Waals surface area contributed by atoms with E-state index in [0.717, 1.165) is 17.9 Å². The van der Waals surface area contributed by atoms with Crippen molar-refractivity contribution in [1.82, 2.24) is 19.3 Å². The largest absolute Gasteiger partial charge is 0.385 e. The first-order valence-electron chi connectivity index (χ1n) is 5.91.